The molecular formula is C13H12F2N2O2S. The molecule has 0 bridgehead atoms. The lowest BCUT2D eigenvalue weighted by Crippen LogP contribution is -2.12. The number of anilines is 1. The van der Waals surface area contributed by atoms with Crippen LogP contribution in [0.15, 0.2) is 23.7 Å². The van der Waals surface area contributed by atoms with Crippen LogP contribution in [0.25, 0.3) is 0 Å². The molecule has 0 amide bonds. The molecule has 2 rings (SSSR count). The molecule has 4 nitrogen and oxygen atoms in total. The third-order valence-corrected chi connectivity index (χ3v) is 3.79. The van der Waals surface area contributed by atoms with E-state index in [4.69, 9.17) is 5.11 Å². The summed E-state index contributed by atoms with van der Waals surface area (Å²) in [5, 5.41) is 14.2. The Balaban J connectivity index is 2.11. The fraction of sp³-hybridized carbons (Fsp3) is 0.231. The highest BCUT2D eigenvalue weighted by Gasteiger charge is 2.18. The van der Waals surface area contributed by atoms with Crippen molar-refractivity contribution in [3.8, 4) is 0 Å². The summed E-state index contributed by atoms with van der Waals surface area (Å²) in [5.41, 5.74) is -0.739. The molecule has 0 radical (unpaired) electrons. The molecule has 0 spiro atoms. The Morgan fingerprint density at radius 2 is 2.20 bits per heavy atom. The van der Waals surface area contributed by atoms with Gasteiger partial charge in [0.15, 0.2) is 11.6 Å². The Kier molecular flexibility index (Phi) is 4.29. The lowest BCUT2D eigenvalue weighted by atomic mass is 10.1. The predicted molar refractivity (Wildman–Crippen MR) is 72.3 cm³/mol. The van der Waals surface area contributed by atoms with Crippen molar-refractivity contribution in [3.05, 3.63) is 45.9 Å². The highest BCUT2D eigenvalue weighted by atomic mass is 32.1. The molecule has 1 aromatic heterocycles. The molecule has 20 heavy (non-hydrogen) atoms. The summed E-state index contributed by atoms with van der Waals surface area (Å²) >= 11 is 1.48. The molecule has 0 saturated heterocycles. The molecule has 0 aliphatic heterocycles. The third-order valence-electron chi connectivity index (χ3n) is 2.78. The van der Waals surface area contributed by atoms with Gasteiger partial charge in [0.25, 0.3) is 0 Å². The number of hydrogen-bond donors (Lipinski definition) is 2. The Bertz CT molecular complexity index is 617. The number of carboxylic acids is 1. The molecule has 1 unspecified atom stereocenters. The van der Waals surface area contributed by atoms with Crippen LogP contribution in [0.5, 0.6) is 0 Å². The van der Waals surface area contributed by atoms with Gasteiger partial charge in [0.05, 0.1) is 16.3 Å². The summed E-state index contributed by atoms with van der Waals surface area (Å²) < 4.78 is 27.2. The minimum Gasteiger partial charge on any atom is -0.478 e. The maximum atomic E-state index is 13.7. The monoisotopic (exact) mass is 298 g/mol. The van der Waals surface area contributed by atoms with E-state index in [2.05, 4.69) is 10.3 Å². The van der Waals surface area contributed by atoms with Crippen LogP contribution in [0.4, 0.5) is 14.5 Å². The Hall–Kier alpha value is -2.02. The summed E-state index contributed by atoms with van der Waals surface area (Å²) in [5.74, 6) is -4.00. The highest BCUT2D eigenvalue weighted by Crippen LogP contribution is 2.23. The van der Waals surface area contributed by atoms with Gasteiger partial charge in [-0.25, -0.2) is 18.6 Å². The van der Waals surface area contributed by atoms with Crippen molar-refractivity contribution in [3.63, 3.8) is 0 Å². The molecule has 0 aliphatic carbocycles. The van der Waals surface area contributed by atoms with E-state index in [9.17, 15) is 13.6 Å². The second-order valence-electron chi connectivity index (χ2n) is 4.25. The van der Waals surface area contributed by atoms with Gasteiger partial charge in [-0.2, -0.15) is 0 Å². The van der Waals surface area contributed by atoms with Crippen molar-refractivity contribution in [2.24, 2.45) is 0 Å². The zero-order valence-corrected chi connectivity index (χ0v) is 11.4. The van der Waals surface area contributed by atoms with Crippen LogP contribution in [0.3, 0.4) is 0 Å². The fourth-order valence-corrected chi connectivity index (χ4v) is 2.38. The van der Waals surface area contributed by atoms with Crippen molar-refractivity contribution < 1.29 is 18.7 Å². The molecule has 106 valence electrons. The Labute approximate surface area is 118 Å². The van der Waals surface area contributed by atoms with Gasteiger partial charge < -0.3 is 10.4 Å². The minimum absolute atomic E-state index is 0.0385. The van der Waals surface area contributed by atoms with Crippen LogP contribution >= 0.6 is 11.3 Å². The first-order valence-electron chi connectivity index (χ1n) is 5.85. The third kappa shape index (κ3) is 2.93. The number of thiazole rings is 1. The second-order valence-corrected chi connectivity index (χ2v) is 5.17. The number of hydrogen-bond acceptors (Lipinski definition) is 4. The van der Waals surface area contributed by atoms with Gasteiger partial charge in [-0.3, -0.25) is 0 Å². The standard InChI is InChI=1S/C13H12F2N2O2S/c1-7(12-16-4-5-20-12)6-17-9-3-2-8(13(18)19)10(14)11(9)15/h2-5,7,17H,6H2,1H3,(H,18,19). The number of carboxylic acid groups (broad SMARTS) is 1. The minimum atomic E-state index is -1.50. The van der Waals surface area contributed by atoms with Crippen molar-refractivity contribution in [1.29, 1.82) is 0 Å². The number of nitrogens with one attached hydrogen (secondary N) is 1. The van der Waals surface area contributed by atoms with Gasteiger partial charge in [-0.15, -0.1) is 11.3 Å². The number of nitrogens with zero attached hydrogens (tertiary/aromatic N) is 1. The average Bonchev–Trinajstić information content (AvgIpc) is 2.93. The smallest absolute Gasteiger partial charge is 0.338 e. The van der Waals surface area contributed by atoms with Crippen molar-refractivity contribution in [1.82, 2.24) is 4.98 Å². The second kappa shape index (κ2) is 5.96. The van der Waals surface area contributed by atoms with Gasteiger partial charge in [-0.05, 0) is 12.1 Å². The molecule has 1 heterocycles. The normalized spacial score (nSPS) is 12.2. The predicted octanol–water partition coefficient (Wildman–Crippen LogP) is 3.34. The highest BCUT2D eigenvalue weighted by molar-refractivity contribution is 7.09. The van der Waals surface area contributed by atoms with Crippen molar-refractivity contribution in [2.75, 3.05) is 11.9 Å². The van der Waals surface area contributed by atoms with E-state index in [0.29, 0.717) is 6.54 Å². The Morgan fingerprint density at radius 3 is 2.80 bits per heavy atom. The molecule has 0 saturated carbocycles. The van der Waals surface area contributed by atoms with Crippen molar-refractivity contribution in [2.45, 2.75) is 12.8 Å². The van der Waals surface area contributed by atoms with Crippen LogP contribution in [-0.2, 0) is 0 Å². The van der Waals surface area contributed by atoms with Crippen LogP contribution in [-0.4, -0.2) is 22.6 Å². The quantitative estimate of drug-likeness (QED) is 0.888. The number of carbonyl (C=O) groups is 1. The molecule has 2 aromatic rings. The zero-order valence-electron chi connectivity index (χ0n) is 10.6. The molecule has 7 heteroatoms. The first-order chi connectivity index (χ1) is 9.50. The topological polar surface area (TPSA) is 62.2 Å². The lowest BCUT2D eigenvalue weighted by molar-refractivity contribution is 0.0690. The number of aromatic nitrogens is 1. The summed E-state index contributed by atoms with van der Waals surface area (Å²) in [7, 11) is 0. The van der Waals surface area contributed by atoms with Gasteiger partial charge >= 0.3 is 5.97 Å². The number of benzene rings is 1. The average molecular weight is 298 g/mol. The molecule has 2 N–H and O–H groups in total. The molecule has 0 aliphatic rings. The molecular weight excluding hydrogens is 286 g/mol. The van der Waals surface area contributed by atoms with Gasteiger partial charge in [0, 0.05) is 24.0 Å². The molecule has 1 atom stereocenters. The number of aromatic carboxylic acids is 1. The number of halogens is 2. The largest absolute Gasteiger partial charge is 0.478 e. The van der Waals surface area contributed by atoms with Crippen molar-refractivity contribution >= 4 is 23.0 Å². The fourth-order valence-electron chi connectivity index (χ4n) is 1.68. The van der Waals surface area contributed by atoms with Crippen LogP contribution in [0.2, 0.25) is 0 Å². The van der Waals surface area contributed by atoms with E-state index < -0.39 is 23.2 Å². The summed E-state index contributed by atoms with van der Waals surface area (Å²) in [6, 6.07) is 2.26. The maximum absolute atomic E-state index is 13.7. The molecule has 0 fully saturated rings. The van der Waals surface area contributed by atoms with E-state index in [0.717, 1.165) is 11.1 Å². The first-order valence-corrected chi connectivity index (χ1v) is 6.73. The Morgan fingerprint density at radius 1 is 1.45 bits per heavy atom. The van der Waals surface area contributed by atoms with E-state index in [1.807, 2.05) is 12.3 Å². The molecule has 1 aromatic carbocycles. The van der Waals surface area contributed by atoms with E-state index in [1.54, 1.807) is 6.20 Å². The van der Waals surface area contributed by atoms with E-state index in [-0.39, 0.29) is 11.6 Å². The summed E-state index contributed by atoms with van der Waals surface area (Å²) in [4.78, 5) is 14.8. The van der Waals surface area contributed by atoms with Gasteiger partial charge in [-0.1, -0.05) is 6.92 Å². The van der Waals surface area contributed by atoms with Crippen LogP contribution in [0, 0.1) is 11.6 Å². The van der Waals surface area contributed by atoms with E-state index in [1.165, 1.54) is 17.4 Å². The summed E-state index contributed by atoms with van der Waals surface area (Å²) in [6.07, 6.45) is 1.68. The zero-order chi connectivity index (χ0) is 14.7. The van der Waals surface area contributed by atoms with Crippen LogP contribution < -0.4 is 5.32 Å². The lowest BCUT2D eigenvalue weighted by Gasteiger charge is -2.12. The number of rotatable bonds is 5. The first kappa shape index (κ1) is 14.4. The maximum Gasteiger partial charge on any atom is 0.338 e. The van der Waals surface area contributed by atoms with Gasteiger partial charge in [0.1, 0.15) is 0 Å². The SMILES string of the molecule is CC(CNc1ccc(C(=O)O)c(F)c1F)c1nccs1. The van der Waals surface area contributed by atoms with Gasteiger partial charge in [0.2, 0.25) is 0 Å². The summed E-state index contributed by atoms with van der Waals surface area (Å²) in [6.45, 7) is 2.28. The van der Waals surface area contributed by atoms with Crippen LogP contribution in [0.1, 0.15) is 28.2 Å². The van der Waals surface area contributed by atoms with E-state index >= 15 is 0 Å².